The highest BCUT2D eigenvalue weighted by molar-refractivity contribution is 6.31. The molecule has 0 atom stereocenters. The number of rotatable bonds is 5. The lowest BCUT2D eigenvalue weighted by atomic mass is 10.2. The Bertz CT molecular complexity index is 1430. The molecule has 3 heterocycles. The van der Waals surface area contributed by atoms with Gasteiger partial charge in [-0.05, 0) is 43.3 Å². The van der Waals surface area contributed by atoms with Crippen LogP contribution in [-0.4, -0.2) is 32.3 Å². The van der Waals surface area contributed by atoms with Gasteiger partial charge in [-0.2, -0.15) is 14.8 Å². The van der Waals surface area contributed by atoms with Crippen LogP contribution in [0, 0.1) is 0 Å². The summed E-state index contributed by atoms with van der Waals surface area (Å²) < 4.78 is 12.5. The number of anilines is 2. The average molecular weight is 434 g/mol. The van der Waals surface area contributed by atoms with Gasteiger partial charge in [-0.1, -0.05) is 29.8 Å². The maximum atomic E-state index is 12.5. The quantitative estimate of drug-likeness (QED) is 0.383. The first-order valence-corrected chi connectivity index (χ1v) is 9.94. The average Bonchev–Trinajstić information content (AvgIpc) is 3.37. The topological polar surface area (TPSA) is 95.1 Å². The van der Waals surface area contributed by atoms with Gasteiger partial charge in [-0.15, -0.1) is 0 Å². The molecule has 0 unspecified atom stereocenters. The van der Waals surface area contributed by atoms with E-state index in [1.54, 1.807) is 25.1 Å². The van der Waals surface area contributed by atoms with E-state index in [2.05, 4.69) is 20.4 Å². The van der Waals surface area contributed by atoms with Crippen molar-refractivity contribution in [3.05, 3.63) is 71.4 Å². The molecule has 5 rings (SSSR count). The minimum absolute atomic E-state index is 0.186. The number of carbonyl (C=O) groups excluding carboxylic acids is 1. The number of nitrogens with zero attached hydrogens (tertiary/aromatic N) is 4. The third kappa shape index (κ3) is 3.57. The van der Waals surface area contributed by atoms with Crippen molar-refractivity contribution in [2.75, 3.05) is 11.9 Å². The number of oxazole rings is 1. The first kappa shape index (κ1) is 19.1. The summed E-state index contributed by atoms with van der Waals surface area (Å²) in [5.74, 6) is 0.339. The summed E-state index contributed by atoms with van der Waals surface area (Å²) in [5.41, 5.74) is 2.18. The zero-order valence-electron chi connectivity index (χ0n) is 16.4. The summed E-state index contributed by atoms with van der Waals surface area (Å²) in [7, 11) is 0. The normalized spacial score (nSPS) is 11.2. The van der Waals surface area contributed by atoms with Crippen molar-refractivity contribution in [1.82, 2.24) is 19.7 Å². The molecule has 0 fully saturated rings. The minimum atomic E-state index is -0.517. The van der Waals surface area contributed by atoms with Crippen molar-refractivity contribution in [2.24, 2.45) is 0 Å². The number of pyridine rings is 1. The van der Waals surface area contributed by atoms with Gasteiger partial charge in [0.05, 0.1) is 18.3 Å². The highest BCUT2D eigenvalue weighted by Gasteiger charge is 2.22. The lowest BCUT2D eigenvalue weighted by Crippen LogP contribution is -2.10. The first-order valence-electron chi connectivity index (χ1n) is 9.57. The fourth-order valence-electron chi connectivity index (χ4n) is 3.23. The SMILES string of the molecule is CCOC(=O)c1cnn(-c2ccc3ccccc3n2)c1Nc1nc2cc(Cl)ccc2o1. The van der Waals surface area contributed by atoms with E-state index < -0.39 is 5.97 Å². The van der Waals surface area contributed by atoms with Gasteiger partial charge in [0.25, 0.3) is 0 Å². The summed E-state index contributed by atoms with van der Waals surface area (Å²) >= 11 is 6.04. The Hall–Kier alpha value is -3.91. The third-order valence-electron chi connectivity index (χ3n) is 4.64. The van der Waals surface area contributed by atoms with Crippen LogP contribution in [0.15, 0.2) is 65.2 Å². The van der Waals surface area contributed by atoms with Crippen molar-refractivity contribution < 1.29 is 13.9 Å². The van der Waals surface area contributed by atoms with E-state index in [-0.39, 0.29) is 18.2 Å². The van der Waals surface area contributed by atoms with E-state index in [1.807, 2.05) is 36.4 Å². The maximum Gasteiger partial charge on any atom is 0.343 e. The fraction of sp³-hybridized carbons (Fsp3) is 0.0909. The largest absolute Gasteiger partial charge is 0.462 e. The number of carbonyl (C=O) groups is 1. The Balaban J connectivity index is 1.61. The molecule has 9 heteroatoms. The standard InChI is InChI=1S/C22H16ClN5O3/c1-2-30-21(29)15-12-24-28(19-10-7-13-5-3-4-6-16(13)25-19)20(15)27-22-26-17-11-14(23)8-9-18(17)31-22/h3-12H,2H2,1H3,(H,26,27). The zero-order chi connectivity index (χ0) is 21.4. The predicted octanol–water partition coefficient (Wildman–Crippen LogP) is 5.14. The van der Waals surface area contributed by atoms with E-state index in [1.165, 1.54) is 10.9 Å². The fourth-order valence-corrected chi connectivity index (χ4v) is 3.40. The predicted molar refractivity (Wildman–Crippen MR) is 117 cm³/mol. The van der Waals surface area contributed by atoms with Gasteiger partial charge in [0.1, 0.15) is 11.1 Å². The van der Waals surface area contributed by atoms with Crippen LogP contribution in [0.5, 0.6) is 0 Å². The van der Waals surface area contributed by atoms with Gasteiger partial charge in [0.2, 0.25) is 0 Å². The molecule has 0 aliphatic carbocycles. The summed E-state index contributed by atoms with van der Waals surface area (Å²) in [6, 6.07) is 16.8. The number of halogens is 1. The summed E-state index contributed by atoms with van der Waals surface area (Å²) in [5, 5.41) is 8.96. The van der Waals surface area contributed by atoms with Crippen LogP contribution in [-0.2, 0) is 4.74 Å². The van der Waals surface area contributed by atoms with Crippen LogP contribution in [0.2, 0.25) is 5.02 Å². The summed E-state index contributed by atoms with van der Waals surface area (Å²) in [6.07, 6.45) is 1.43. The van der Waals surface area contributed by atoms with Gasteiger partial charge in [-0.3, -0.25) is 5.32 Å². The molecule has 0 radical (unpaired) electrons. The molecule has 1 N–H and O–H groups in total. The molecule has 0 aliphatic rings. The molecule has 3 aromatic heterocycles. The molecule has 0 amide bonds. The highest BCUT2D eigenvalue weighted by atomic mass is 35.5. The molecule has 0 saturated carbocycles. The lowest BCUT2D eigenvalue weighted by Gasteiger charge is -2.09. The number of para-hydroxylation sites is 1. The minimum Gasteiger partial charge on any atom is -0.462 e. The zero-order valence-corrected chi connectivity index (χ0v) is 17.1. The van der Waals surface area contributed by atoms with Gasteiger partial charge >= 0.3 is 12.0 Å². The van der Waals surface area contributed by atoms with Crippen molar-refractivity contribution in [3.8, 4) is 5.82 Å². The van der Waals surface area contributed by atoms with E-state index in [0.717, 1.165) is 10.9 Å². The molecule has 0 spiro atoms. The maximum absolute atomic E-state index is 12.5. The Labute approximate surface area is 181 Å². The Morgan fingerprint density at radius 1 is 1.13 bits per heavy atom. The molecule has 0 bridgehead atoms. The molecule has 0 saturated heterocycles. The summed E-state index contributed by atoms with van der Waals surface area (Å²) in [6.45, 7) is 1.98. The molecule has 154 valence electrons. The van der Waals surface area contributed by atoms with E-state index in [9.17, 15) is 4.79 Å². The van der Waals surface area contributed by atoms with Crippen LogP contribution in [0.4, 0.5) is 11.8 Å². The second-order valence-electron chi connectivity index (χ2n) is 6.66. The number of benzene rings is 2. The Kier molecular flexibility index (Phi) is 4.76. The van der Waals surface area contributed by atoms with Gasteiger partial charge in [-0.25, -0.2) is 9.78 Å². The number of ether oxygens (including phenoxy) is 1. The molecular weight excluding hydrogens is 418 g/mol. The number of nitrogens with one attached hydrogen (secondary N) is 1. The second-order valence-corrected chi connectivity index (χ2v) is 7.09. The summed E-state index contributed by atoms with van der Waals surface area (Å²) in [4.78, 5) is 21.6. The number of hydrogen-bond donors (Lipinski definition) is 1. The second kappa shape index (κ2) is 7.73. The molecular formula is C22H16ClN5O3. The van der Waals surface area contributed by atoms with Gasteiger partial charge < -0.3 is 9.15 Å². The van der Waals surface area contributed by atoms with Crippen LogP contribution in [0.1, 0.15) is 17.3 Å². The molecule has 5 aromatic rings. The monoisotopic (exact) mass is 433 g/mol. The van der Waals surface area contributed by atoms with E-state index in [4.69, 9.17) is 20.8 Å². The first-order chi connectivity index (χ1) is 15.1. The van der Waals surface area contributed by atoms with Crippen LogP contribution < -0.4 is 5.32 Å². The smallest absolute Gasteiger partial charge is 0.343 e. The number of esters is 1. The van der Waals surface area contributed by atoms with Crippen molar-refractivity contribution >= 4 is 51.4 Å². The Morgan fingerprint density at radius 2 is 2.00 bits per heavy atom. The lowest BCUT2D eigenvalue weighted by molar-refractivity contribution is 0.0527. The molecule has 0 aliphatic heterocycles. The Morgan fingerprint density at radius 3 is 2.87 bits per heavy atom. The number of hydrogen-bond acceptors (Lipinski definition) is 7. The third-order valence-corrected chi connectivity index (χ3v) is 4.88. The number of fused-ring (bicyclic) bond motifs is 2. The van der Waals surface area contributed by atoms with Gasteiger partial charge in [0, 0.05) is 10.4 Å². The number of aromatic nitrogens is 4. The van der Waals surface area contributed by atoms with Crippen molar-refractivity contribution in [1.29, 1.82) is 0 Å². The molecule has 31 heavy (non-hydrogen) atoms. The van der Waals surface area contributed by atoms with Crippen molar-refractivity contribution in [2.45, 2.75) is 6.92 Å². The van der Waals surface area contributed by atoms with Crippen LogP contribution >= 0.6 is 11.6 Å². The molecule has 8 nitrogen and oxygen atoms in total. The highest BCUT2D eigenvalue weighted by Crippen LogP contribution is 2.28. The van der Waals surface area contributed by atoms with Crippen molar-refractivity contribution in [3.63, 3.8) is 0 Å². The van der Waals surface area contributed by atoms with Crippen LogP contribution in [0.3, 0.4) is 0 Å². The van der Waals surface area contributed by atoms with Gasteiger partial charge in [0.15, 0.2) is 17.2 Å². The van der Waals surface area contributed by atoms with Crippen LogP contribution in [0.25, 0.3) is 27.8 Å². The molecule has 2 aromatic carbocycles. The van der Waals surface area contributed by atoms with E-state index in [0.29, 0.717) is 27.8 Å². The van der Waals surface area contributed by atoms with E-state index >= 15 is 0 Å².